The van der Waals surface area contributed by atoms with Crippen LogP contribution in [0.1, 0.15) is 48.9 Å². The molecule has 1 atom stereocenters. The molecule has 5 heteroatoms. The third-order valence-electron chi connectivity index (χ3n) is 3.21. The number of rotatable bonds is 6. The van der Waals surface area contributed by atoms with E-state index in [0.717, 1.165) is 24.2 Å². The fraction of sp³-hybridized carbons (Fsp3) is 0.467. The molecule has 20 heavy (non-hydrogen) atoms. The maximum Gasteiger partial charge on any atom is 0.123 e. The largest absolute Gasteiger partial charge is 0.309 e. The van der Waals surface area contributed by atoms with Crippen LogP contribution in [0, 0.1) is 5.82 Å². The number of nitrogens with zero attached hydrogens (tertiary/aromatic N) is 2. The van der Waals surface area contributed by atoms with Crippen LogP contribution in [-0.2, 0) is 6.42 Å². The van der Waals surface area contributed by atoms with Gasteiger partial charge in [-0.15, -0.1) is 5.10 Å². The Morgan fingerprint density at radius 1 is 1.25 bits per heavy atom. The average molecular weight is 293 g/mol. The van der Waals surface area contributed by atoms with Gasteiger partial charge in [0.05, 0.1) is 10.6 Å². The summed E-state index contributed by atoms with van der Waals surface area (Å²) in [6, 6.07) is 6.87. The molecule has 0 bridgehead atoms. The summed E-state index contributed by atoms with van der Waals surface area (Å²) in [5.41, 5.74) is 2.17. The van der Waals surface area contributed by atoms with Crippen molar-refractivity contribution in [3.63, 3.8) is 0 Å². The molecule has 0 amide bonds. The summed E-state index contributed by atoms with van der Waals surface area (Å²) >= 11 is 1.45. The van der Waals surface area contributed by atoms with Crippen molar-refractivity contribution in [2.75, 3.05) is 6.54 Å². The Morgan fingerprint density at radius 3 is 2.55 bits per heavy atom. The smallest absolute Gasteiger partial charge is 0.123 e. The number of benzene rings is 1. The third-order valence-corrected chi connectivity index (χ3v) is 4.06. The molecule has 0 aliphatic carbocycles. The Hall–Kier alpha value is -1.33. The van der Waals surface area contributed by atoms with E-state index in [1.165, 1.54) is 28.5 Å². The Kier molecular flexibility index (Phi) is 5.20. The molecule has 0 saturated carbocycles. The van der Waals surface area contributed by atoms with Crippen molar-refractivity contribution < 1.29 is 4.39 Å². The van der Waals surface area contributed by atoms with E-state index >= 15 is 0 Å². The van der Waals surface area contributed by atoms with E-state index < -0.39 is 0 Å². The highest BCUT2D eigenvalue weighted by atomic mass is 32.1. The first-order valence-corrected chi connectivity index (χ1v) is 7.69. The van der Waals surface area contributed by atoms with E-state index in [9.17, 15) is 4.39 Å². The summed E-state index contributed by atoms with van der Waals surface area (Å²) in [5, 5.41) is 7.72. The Bertz CT molecular complexity index is 536. The molecule has 1 aromatic carbocycles. The van der Waals surface area contributed by atoms with Gasteiger partial charge in [-0.2, -0.15) is 0 Å². The summed E-state index contributed by atoms with van der Waals surface area (Å²) < 4.78 is 17.1. The van der Waals surface area contributed by atoms with E-state index in [4.69, 9.17) is 0 Å². The molecule has 1 unspecified atom stereocenters. The predicted octanol–water partition coefficient (Wildman–Crippen LogP) is 3.69. The van der Waals surface area contributed by atoms with Crippen LogP contribution in [-0.4, -0.2) is 16.1 Å². The van der Waals surface area contributed by atoms with Gasteiger partial charge in [-0.05, 0) is 48.1 Å². The summed E-state index contributed by atoms with van der Waals surface area (Å²) in [7, 11) is 0. The van der Waals surface area contributed by atoms with Gasteiger partial charge >= 0.3 is 0 Å². The average Bonchev–Trinajstić information content (AvgIpc) is 2.90. The van der Waals surface area contributed by atoms with Gasteiger partial charge in [0.25, 0.3) is 0 Å². The maximum absolute atomic E-state index is 13.0. The molecule has 0 fully saturated rings. The van der Waals surface area contributed by atoms with Crippen LogP contribution in [0.5, 0.6) is 0 Å². The fourth-order valence-corrected chi connectivity index (χ4v) is 3.09. The monoisotopic (exact) mass is 293 g/mol. The van der Waals surface area contributed by atoms with Gasteiger partial charge in [-0.25, -0.2) is 4.39 Å². The topological polar surface area (TPSA) is 37.8 Å². The number of halogens is 1. The van der Waals surface area contributed by atoms with Gasteiger partial charge < -0.3 is 5.32 Å². The van der Waals surface area contributed by atoms with Crippen LogP contribution < -0.4 is 5.32 Å². The predicted molar refractivity (Wildman–Crippen MR) is 80.5 cm³/mol. The van der Waals surface area contributed by atoms with Crippen LogP contribution in [0.4, 0.5) is 4.39 Å². The van der Waals surface area contributed by atoms with Gasteiger partial charge in [-0.1, -0.05) is 37.4 Å². The van der Waals surface area contributed by atoms with Crippen molar-refractivity contribution in [2.45, 2.75) is 39.2 Å². The van der Waals surface area contributed by atoms with Crippen molar-refractivity contribution in [3.05, 3.63) is 46.2 Å². The maximum atomic E-state index is 13.0. The molecule has 0 radical (unpaired) electrons. The van der Waals surface area contributed by atoms with Crippen LogP contribution >= 0.6 is 11.5 Å². The van der Waals surface area contributed by atoms with Crippen molar-refractivity contribution in [1.29, 1.82) is 0 Å². The second-order valence-electron chi connectivity index (χ2n) is 5.12. The van der Waals surface area contributed by atoms with E-state index in [0.29, 0.717) is 5.92 Å². The molecule has 0 aliphatic heterocycles. The molecular weight excluding hydrogens is 273 g/mol. The third kappa shape index (κ3) is 3.61. The molecule has 108 valence electrons. The van der Waals surface area contributed by atoms with Crippen LogP contribution in [0.3, 0.4) is 0 Å². The van der Waals surface area contributed by atoms with E-state index in [-0.39, 0.29) is 11.9 Å². The SMILES string of the molecule is CCNC(Cc1ccc(F)cc1)c1snnc1C(C)C. The molecule has 0 spiro atoms. The first kappa shape index (κ1) is 15.1. The molecule has 2 aromatic rings. The van der Waals surface area contributed by atoms with Crippen molar-refractivity contribution in [1.82, 2.24) is 14.9 Å². The van der Waals surface area contributed by atoms with Gasteiger partial charge in [0, 0.05) is 6.04 Å². The van der Waals surface area contributed by atoms with Crippen LogP contribution in [0.2, 0.25) is 0 Å². The van der Waals surface area contributed by atoms with E-state index in [1.54, 1.807) is 0 Å². The lowest BCUT2D eigenvalue weighted by Crippen LogP contribution is -2.23. The highest BCUT2D eigenvalue weighted by Crippen LogP contribution is 2.28. The number of likely N-dealkylation sites (N-methyl/N-ethyl adjacent to an activating group) is 1. The van der Waals surface area contributed by atoms with E-state index in [2.05, 4.69) is 35.7 Å². The highest BCUT2D eigenvalue weighted by Gasteiger charge is 2.20. The van der Waals surface area contributed by atoms with Crippen molar-refractivity contribution in [3.8, 4) is 0 Å². The second kappa shape index (κ2) is 6.90. The van der Waals surface area contributed by atoms with Crippen LogP contribution in [0.15, 0.2) is 24.3 Å². The second-order valence-corrected chi connectivity index (χ2v) is 5.90. The van der Waals surface area contributed by atoms with Crippen LogP contribution in [0.25, 0.3) is 0 Å². The summed E-state index contributed by atoms with van der Waals surface area (Å²) in [6.07, 6.45) is 0.817. The fourth-order valence-electron chi connectivity index (χ4n) is 2.21. The first-order valence-electron chi connectivity index (χ1n) is 6.91. The van der Waals surface area contributed by atoms with E-state index in [1.807, 2.05) is 12.1 Å². The molecule has 1 heterocycles. The summed E-state index contributed by atoms with van der Waals surface area (Å²) in [4.78, 5) is 1.19. The first-order chi connectivity index (χ1) is 9.61. The van der Waals surface area contributed by atoms with Crippen molar-refractivity contribution >= 4 is 11.5 Å². The van der Waals surface area contributed by atoms with Gasteiger partial charge in [0.15, 0.2) is 0 Å². The Labute approximate surface area is 123 Å². The lowest BCUT2D eigenvalue weighted by atomic mass is 10.00. The minimum Gasteiger partial charge on any atom is -0.309 e. The number of hydrogen-bond acceptors (Lipinski definition) is 4. The zero-order chi connectivity index (χ0) is 14.5. The van der Waals surface area contributed by atoms with Gasteiger partial charge in [0.1, 0.15) is 5.82 Å². The van der Waals surface area contributed by atoms with Gasteiger partial charge in [-0.3, -0.25) is 0 Å². The molecule has 1 N–H and O–H groups in total. The zero-order valence-electron chi connectivity index (χ0n) is 12.1. The Morgan fingerprint density at radius 2 is 1.95 bits per heavy atom. The summed E-state index contributed by atoms with van der Waals surface area (Å²) in [6.45, 7) is 7.21. The Balaban J connectivity index is 2.22. The number of aromatic nitrogens is 2. The molecule has 0 saturated heterocycles. The minimum absolute atomic E-state index is 0.183. The quantitative estimate of drug-likeness (QED) is 0.882. The standard InChI is InChI=1S/C15H20FN3S/c1-4-17-13(9-11-5-7-12(16)8-6-11)15-14(10(2)3)18-19-20-15/h5-8,10,13,17H,4,9H2,1-3H3. The number of hydrogen-bond donors (Lipinski definition) is 1. The lowest BCUT2D eigenvalue weighted by molar-refractivity contribution is 0.548. The lowest BCUT2D eigenvalue weighted by Gasteiger charge is -2.18. The number of nitrogens with one attached hydrogen (secondary N) is 1. The zero-order valence-corrected chi connectivity index (χ0v) is 12.9. The normalized spacial score (nSPS) is 12.8. The molecule has 0 aliphatic rings. The highest BCUT2D eigenvalue weighted by molar-refractivity contribution is 7.05. The molecule has 2 rings (SSSR count). The summed E-state index contributed by atoms with van der Waals surface area (Å²) in [5.74, 6) is 0.161. The molecule has 3 nitrogen and oxygen atoms in total. The molecular formula is C15H20FN3S. The minimum atomic E-state index is -0.198. The molecule has 1 aromatic heterocycles. The van der Waals surface area contributed by atoms with Gasteiger partial charge in [0.2, 0.25) is 0 Å². The van der Waals surface area contributed by atoms with Crippen molar-refractivity contribution in [2.24, 2.45) is 0 Å².